The SMILES string of the molecule is CCCCC(=O)N(C)C(C)CBr. The molecule has 0 saturated carbocycles. The lowest BCUT2D eigenvalue weighted by Crippen LogP contribution is -2.35. The van der Waals surface area contributed by atoms with Crippen molar-refractivity contribution in [1.29, 1.82) is 0 Å². The summed E-state index contributed by atoms with van der Waals surface area (Å²) in [5.41, 5.74) is 0. The molecular weight excluding hydrogens is 218 g/mol. The van der Waals surface area contributed by atoms with E-state index in [1.54, 1.807) is 0 Å². The molecule has 0 heterocycles. The molecular formula is C9H18BrNO. The van der Waals surface area contributed by atoms with E-state index in [-0.39, 0.29) is 5.91 Å². The molecule has 0 fully saturated rings. The summed E-state index contributed by atoms with van der Waals surface area (Å²) in [5.74, 6) is 0.254. The molecule has 0 spiro atoms. The third kappa shape index (κ3) is 4.10. The van der Waals surface area contributed by atoms with Crippen LogP contribution in [0.2, 0.25) is 0 Å². The summed E-state index contributed by atoms with van der Waals surface area (Å²) >= 11 is 3.36. The van der Waals surface area contributed by atoms with Gasteiger partial charge < -0.3 is 4.90 Å². The molecule has 0 aliphatic rings. The van der Waals surface area contributed by atoms with Crippen molar-refractivity contribution < 1.29 is 4.79 Å². The Kier molecular flexibility index (Phi) is 6.44. The fourth-order valence-electron chi connectivity index (χ4n) is 0.854. The minimum Gasteiger partial charge on any atom is -0.342 e. The maximum absolute atomic E-state index is 11.4. The number of halogens is 1. The second kappa shape index (κ2) is 6.46. The van der Waals surface area contributed by atoms with Gasteiger partial charge in [0.2, 0.25) is 5.91 Å². The van der Waals surface area contributed by atoms with Crippen molar-refractivity contribution in [3.05, 3.63) is 0 Å². The van der Waals surface area contributed by atoms with Crippen molar-refractivity contribution in [3.63, 3.8) is 0 Å². The van der Waals surface area contributed by atoms with E-state index in [0.29, 0.717) is 12.5 Å². The average molecular weight is 236 g/mol. The fourth-order valence-corrected chi connectivity index (χ4v) is 1.29. The van der Waals surface area contributed by atoms with Crippen molar-refractivity contribution in [2.45, 2.75) is 39.2 Å². The van der Waals surface area contributed by atoms with Crippen LogP contribution in [0.25, 0.3) is 0 Å². The van der Waals surface area contributed by atoms with Gasteiger partial charge in [-0.3, -0.25) is 4.79 Å². The molecule has 0 rings (SSSR count). The zero-order chi connectivity index (χ0) is 9.56. The van der Waals surface area contributed by atoms with Crippen LogP contribution in [0.15, 0.2) is 0 Å². The number of nitrogens with zero attached hydrogens (tertiary/aromatic N) is 1. The Bertz CT molecular complexity index is 138. The van der Waals surface area contributed by atoms with Gasteiger partial charge in [0.05, 0.1) is 0 Å². The van der Waals surface area contributed by atoms with Crippen LogP contribution < -0.4 is 0 Å². The Morgan fingerprint density at radius 2 is 2.17 bits per heavy atom. The summed E-state index contributed by atoms with van der Waals surface area (Å²) in [6, 6.07) is 0.300. The molecule has 0 bridgehead atoms. The van der Waals surface area contributed by atoms with Crippen LogP contribution in [0.3, 0.4) is 0 Å². The minimum atomic E-state index is 0.254. The van der Waals surface area contributed by atoms with Gasteiger partial charge in [-0.05, 0) is 13.3 Å². The minimum absolute atomic E-state index is 0.254. The Balaban J connectivity index is 3.75. The first-order valence-electron chi connectivity index (χ1n) is 4.45. The van der Waals surface area contributed by atoms with Gasteiger partial charge in [-0.15, -0.1) is 0 Å². The largest absolute Gasteiger partial charge is 0.342 e. The second-order valence-corrected chi connectivity index (χ2v) is 3.76. The zero-order valence-electron chi connectivity index (χ0n) is 8.14. The highest BCUT2D eigenvalue weighted by molar-refractivity contribution is 9.09. The second-order valence-electron chi connectivity index (χ2n) is 3.11. The Hall–Kier alpha value is -0.0500. The van der Waals surface area contributed by atoms with E-state index in [2.05, 4.69) is 22.9 Å². The summed E-state index contributed by atoms with van der Waals surface area (Å²) < 4.78 is 0. The maximum atomic E-state index is 11.4. The number of hydrogen-bond donors (Lipinski definition) is 0. The lowest BCUT2D eigenvalue weighted by Gasteiger charge is -2.23. The van der Waals surface area contributed by atoms with Crippen molar-refractivity contribution >= 4 is 21.8 Å². The van der Waals surface area contributed by atoms with Crippen molar-refractivity contribution in [3.8, 4) is 0 Å². The third-order valence-electron chi connectivity index (χ3n) is 2.02. The highest BCUT2D eigenvalue weighted by atomic mass is 79.9. The molecule has 0 aromatic carbocycles. The first kappa shape index (κ1) is 11.9. The van der Waals surface area contributed by atoms with Gasteiger partial charge in [0, 0.05) is 24.8 Å². The van der Waals surface area contributed by atoms with Crippen LogP contribution in [0.5, 0.6) is 0 Å². The molecule has 12 heavy (non-hydrogen) atoms. The molecule has 0 N–H and O–H groups in total. The smallest absolute Gasteiger partial charge is 0.222 e. The molecule has 3 heteroatoms. The molecule has 0 aliphatic carbocycles. The zero-order valence-corrected chi connectivity index (χ0v) is 9.73. The number of amides is 1. The summed E-state index contributed by atoms with van der Waals surface area (Å²) in [4.78, 5) is 13.2. The Labute approximate surface area is 83.4 Å². The number of carbonyl (C=O) groups is 1. The van der Waals surface area contributed by atoms with Gasteiger partial charge in [-0.2, -0.15) is 0 Å². The monoisotopic (exact) mass is 235 g/mol. The molecule has 1 atom stereocenters. The van der Waals surface area contributed by atoms with Crippen LogP contribution >= 0.6 is 15.9 Å². The highest BCUT2D eigenvalue weighted by Gasteiger charge is 2.13. The lowest BCUT2D eigenvalue weighted by atomic mass is 10.2. The van der Waals surface area contributed by atoms with Crippen LogP contribution in [0, 0.1) is 0 Å². The Morgan fingerprint density at radius 1 is 1.58 bits per heavy atom. The molecule has 0 aliphatic heterocycles. The number of carbonyl (C=O) groups excluding carboxylic acids is 1. The first-order valence-corrected chi connectivity index (χ1v) is 5.57. The number of hydrogen-bond acceptors (Lipinski definition) is 1. The van der Waals surface area contributed by atoms with E-state index in [4.69, 9.17) is 0 Å². The van der Waals surface area contributed by atoms with Crippen LogP contribution in [0.1, 0.15) is 33.1 Å². The van der Waals surface area contributed by atoms with Crippen molar-refractivity contribution in [1.82, 2.24) is 4.90 Å². The summed E-state index contributed by atoms with van der Waals surface area (Å²) in [5, 5.41) is 0.849. The summed E-state index contributed by atoms with van der Waals surface area (Å²) in [6.45, 7) is 4.14. The average Bonchev–Trinajstić information content (AvgIpc) is 2.11. The first-order chi connectivity index (χ1) is 5.63. The van der Waals surface area contributed by atoms with E-state index in [1.165, 1.54) is 0 Å². The molecule has 0 radical (unpaired) electrons. The predicted octanol–water partition coefficient (Wildman–Crippen LogP) is 2.42. The van der Waals surface area contributed by atoms with E-state index in [9.17, 15) is 4.79 Å². The topological polar surface area (TPSA) is 20.3 Å². The van der Waals surface area contributed by atoms with Crippen LogP contribution in [-0.2, 0) is 4.79 Å². The summed E-state index contributed by atoms with van der Waals surface area (Å²) in [7, 11) is 1.86. The van der Waals surface area contributed by atoms with E-state index in [0.717, 1.165) is 18.2 Å². The van der Waals surface area contributed by atoms with Gasteiger partial charge in [0.15, 0.2) is 0 Å². The Morgan fingerprint density at radius 3 is 2.58 bits per heavy atom. The molecule has 1 amide bonds. The molecule has 72 valence electrons. The quantitative estimate of drug-likeness (QED) is 0.671. The number of unbranched alkanes of at least 4 members (excludes halogenated alkanes) is 1. The van der Waals surface area contributed by atoms with E-state index < -0.39 is 0 Å². The van der Waals surface area contributed by atoms with Gasteiger partial charge in [-0.1, -0.05) is 29.3 Å². The normalized spacial score (nSPS) is 12.7. The van der Waals surface area contributed by atoms with Gasteiger partial charge in [-0.25, -0.2) is 0 Å². The number of alkyl halides is 1. The lowest BCUT2D eigenvalue weighted by molar-refractivity contribution is -0.131. The molecule has 1 unspecified atom stereocenters. The van der Waals surface area contributed by atoms with E-state index in [1.807, 2.05) is 18.9 Å². The predicted molar refractivity (Wildman–Crippen MR) is 55.6 cm³/mol. The van der Waals surface area contributed by atoms with Crippen molar-refractivity contribution in [2.75, 3.05) is 12.4 Å². The van der Waals surface area contributed by atoms with Gasteiger partial charge in [0.25, 0.3) is 0 Å². The number of rotatable bonds is 5. The third-order valence-corrected chi connectivity index (χ3v) is 2.96. The molecule has 0 saturated heterocycles. The molecule has 0 aromatic heterocycles. The van der Waals surface area contributed by atoms with Crippen LogP contribution in [-0.4, -0.2) is 29.2 Å². The standard InChI is InChI=1S/C9H18BrNO/c1-4-5-6-9(12)11(3)8(2)7-10/h8H,4-7H2,1-3H3. The van der Waals surface area contributed by atoms with Crippen molar-refractivity contribution in [2.24, 2.45) is 0 Å². The summed E-state index contributed by atoms with van der Waals surface area (Å²) in [6.07, 6.45) is 2.77. The molecule has 0 aromatic rings. The van der Waals surface area contributed by atoms with Gasteiger partial charge >= 0.3 is 0 Å². The highest BCUT2D eigenvalue weighted by Crippen LogP contribution is 2.04. The molecule has 2 nitrogen and oxygen atoms in total. The fraction of sp³-hybridized carbons (Fsp3) is 0.889. The van der Waals surface area contributed by atoms with Crippen LogP contribution in [0.4, 0.5) is 0 Å². The maximum Gasteiger partial charge on any atom is 0.222 e. The van der Waals surface area contributed by atoms with Gasteiger partial charge in [0.1, 0.15) is 0 Å². The van der Waals surface area contributed by atoms with E-state index >= 15 is 0 Å².